The predicted octanol–water partition coefficient (Wildman–Crippen LogP) is 4.40. The van der Waals surface area contributed by atoms with E-state index in [0.717, 1.165) is 11.3 Å². The van der Waals surface area contributed by atoms with Gasteiger partial charge in [-0.25, -0.2) is 4.39 Å². The van der Waals surface area contributed by atoms with Crippen LogP contribution in [0.15, 0.2) is 66.3 Å². The van der Waals surface area contributed by atoms with Crippen LogP contribution < -0.4 is 10.1 Å². The van der Waals surface area contributed by atoms with E-state index in [0.29, 0.717) is 23.2 Å². The SMILES string of the molecule is C=CCn1c(S[C@H](C)C(=O)Nc2ccc(OC)cc2)nnc1-c1ccc(F)cc1. The van der Waals surface area contributed by atoms with Crippen molar-refractivity contribution >= 4 is 23.4 Å². The summed E-state index contributed by atoms with van der Waals surface area (Å²) in [5.41, 5.74) is 1.42. The fraction of sp³-hybridized carbons (Fsp3) is 0.190. The van der Waals surface area contributed by atoms with Crippen molar-refractivity contribution < 1.29 is 13.9 Å². The van der Waals surface area contributed by atoms with Crippen LogP contribution in [0.1, 0.15) is 6.92 Å². The first-order valence-corrected chi connectivity index (χ1v) is 9.81. The molecule has 6 nitrogen and oxygen atoms in total. The Hall–Kier alpha value is -3.13. The van der Waals surface area contributed by atoms with Gasteiger partial charge in [-0.2, -0.15) is 0 Å². The molecule has 1 aromatic heterocycles. The number of aromatic nitrogens is 3. The van der Waals surface area contributed by atoms with Crippen LogP contribution in [0.5, 0.6) is 5.75 Å². The largest absolute Gasteiger partial charge is 0.497 e. The van der Waals surface area contributed by atoms with Crippen molar-refractivity contribution in [1.29, 1.82) is 0 Å². The first-order valence-electron chi connectivity index (χ1n) is 8.93. The Bertz CT molecular complexity index is 987. The first kappa shape index (κ1) is 20.6. The van der Waals surface area contributed by atoms with Gasteiger partial charge in [0.1, 0.15) is 11.6 Å². The Labute approximate surface area is 172 Å². The van der Waals surface area contributed by atoms with Crippen molar-refractivity contribution in [1.82, 2.24) is 14.8 Å². The van der Waals surface area contributed by atoms with Crippen LogP contribution in [-0.4, -0.2) is 33.0 Å². The topological polar surface area (TPSA) is 69.0 Å². The maximum atomic E-state index is 13.2. The van der Waals surface area contributed by atoms with E-state index in [2.05, 4.69) is 22.1 Å². The molecule has 0 aliphatic heterocycles. The van der Waals surface area contributed by atoms with Gasteiger partial charge in [0.15, 0.2) is 11.0 Å². The van der Waals surface area contributed by atoms with Gasteiger partial charge in [-0.05, 0) is 55.5 Å². The average molecular weight is 412 g/mol. The second-order valence-electron chi connectivity index (χ2n) is 6.19. The van der Waals surface area contributed by atoms with E-state index in [1.165, 1.54) is 23.9 Å². The summed E-state index contributed by atoms with van der Waals surface area (Å²) in [5.74, 6) is 0.838. The molecule has 29 heavy (non-hydrogen) atoms. The number of methoxy groups -OCH3 is 1. The van der Waals surface area contributed by atoms with Crippen molar-refractivity contribution in [2.24, 2.45) is 0 Å². The summed E-state index contributed by atoms with van der Waals surface area (Å²) in [6.07, 6.45) is 1.72. The first-order chi connectivity index (χ1) is 14.0. The van der Waals surface area contributed by atoms with Crippen molar-refractivity contribution in [3.8, 4) is 17.1 Å². The third-order valence-corrected chi connectivity index (χ3v) is 5.22. The third-order valence-electron chi connectivity index (χ3n) is 4.14. The average Bonchev–Trinajstić information content (AvgIpc) is 3.11. The Morgan fingerprint density at radius 1 is 1.24 bits per heavy atom. The molecule has 150 valence electrons. The number of thioether (sulfide) groups is 1. The van der Waals surface area contributed by atoms with E-state index in [4.69, 9.17) is 4.74 Å². The summed E-state index contributed by atoms with van der Waals surface area (Å²) in [5, 5.41) is 11.5. The molecule has 0 aliphatic rings. The molecule has 0 saturated carbocycles. The molecule has 3 aromatic rings. The summed E-state index contributed by atoms with van der Waals surface area (Å²) >= 11 is 1.29. The normalized spacial score (nSPS) is 11.7. The summed E-state index contributed by atoms with van der Waals surface area (Å²) in [7, 11) is 1.59. The number of carbonyl (C=O) groups excluding carboxylic acids is 1. The number of hydrogen-bond acceptors (Lipinski definition) is 5. The molecule has 0 fully saturated rings. The maximum Gasteiger partial charge on any atom is 0.237 e. The Kier molecular flexibility index (Phi) is 6.66. The highest BCUT2D eigenvalue weighted by Crippen LogP contribution is 2.28. The van der Waals surface area contributed by atoms with Crippen molar-refractivity contribution in [3.05, 3.63) is 67.0 Å². The number of carbonyl (C=O) groups is 1. The van der Waals surface area contributed by atoms with Gasteiger partial charge in [0.25, 0.3) is 0 Å². The fourth-order valence-electron chi connectivity index (χ4n) is 2.61. The number of halogens is 1. The molecule has 0 saturated heterocycles. The summed E-state index contributed by atoms with van der Waals surface area (Å²) in [4.78, 5) is 12.6. The Balaban J connectivity index is 1.75. The van der Waals surface area contributed by atoms with E-state index in [9.17, 15) is 9.18 Å². The van der Waals surface area contributed by atoms with Crippen LogP contribution in [0.2, 0.25) is 0 Å². The number of allylic oxidation sites excluding steroid dienone is 1. The lowest BCUT2D eigenvalue weighted by molar-refractivity contribution is -0.115. The lowest BCUT2D eigenvalue weighted by atomic mass is 10.2. The van der Waals surface area contributed by atoms with Gasteiger partial charge in [0, 0.05) is 17.8 Å². The van der Waals surface area contributed by atoms with Gasteiger partial charge in [0.05, 0.1) is 12.4 Å². The molecule has 1 heterocycles. The molecular weight excluding hydrogens is 391 g/mol. The zero-order valence-corrected chi connectivity index (χ0v) is 16.9. The molecule has 0 bridgehead atoms. The molecule has 2 aromatic carbocycles. The van der Waals surface area contributed by atoms with E-state index in [1.54, 1.807) is 56.5 Å². The number of ether oxygens (including phenoxy) is 1. The monoisotopic (exact) mass is 412 g/mol. The lowest BCUT2D eigenvalue weighted by Gasteiger charge is -2.13. The van der Waals surface area contributed by atoms with Gasteiger partial charge >= 0.3 is 0 Å². The maximum absolute atomic E-state index is 13.2. The highest BCUT2D eigenvalue weighted by atomic mass is 32.2. The van der Waals surface area contributed by atoms with Crippen LogP contribution in [0.4, 0.5) is 10.1 Å². The Morgan fingerprint density at radius 3 is 2.55 bits per heavy atom. The van der Waals surface area contributed by atoms with E-state index >= 15 is 0 Å². The molecule has 8 heteroatoms. The minimum Gasteiger partial charge on any atom is -0.497 e. The van der Waals surface area contributed by atoms with Crippen molar-refractivity contribution in [2.45, 2.75) is 23.9 Å². The summed E-state index contributed by atoms with van der Waals surface area (Å²) < 4.78 is 20.2. The highest BCUT2D eigenvalue weighted by Gasteiger charge is 2.20. The smallest absolute Gasteiger partial charge is 0.237 e. The lowest BCUT2D eigenvalue weighted by Crippen LogP contribution is -2.23. The number of nitrogens with one attached hydrogen (secondary N) is 1. The molecule has 0 unspecified atom stereocenters. The minimum atomic E-state index is -0.411. The highest BCUT2D eigenvalue weighted by molar-refractivity contribution is 8.00. The second kappa shape index (κ2) is 9.38. The number of amides is 1. The number of rotatable bonds is 8. The van der Waals surface area contributed by atoms with Gasteiger partial charge in [-0.3, -0.25) is 9.36 Å². The van der Waals surface area contributed by atoms with Crippen LogP contribution in [0, 0.1) is 5.82 Å². The Morgan fingerprint density at radius 2 is 1.93 bits per heavy atom. The zero-order chi connectivity index (χ0) is 20.8. The number of benzene rings is 2. The minimum absolute atomic E-state index is 0.156. The van der Waals surface area contributed by atoms with E-state index in [1.807, 2.05) is 4.57 Å². The quantitative estimate of drug-likeness (QED) is 0.439. The third kappa shape index (κ3) is 5.03. The van der Waals surface area contributed by atoms with Crippen LogP contribution in [0.25, 0.3) is 11.4 Å². The fourth-order valence-corrected chi connectivity index (χ4v) is 3.47. The van der Waals surface area contributed by atoms with Gasteiger partial charge in [0.2, 0.25) is 5.91 Å². The van der Waals surface area contributed by atoms with Crippen LogP contribution in [-0.2, 0) is 11.3 Å². The molecule has 0 spiro atoms. The molecule has 1 N–H and O–H groups in total. The van der Waals surface area contributed by atoms with Gasteiger partial charge in [-0.15, -0.1) is 16.8 Å². The van der Waals surface area contributed by atoms with E-state index in [-0.39, 0.29) is 11.7 Å². The van der Waals surface area contributed by atoms with Crippen molar-refractivity contribution in [3.63, 3.8) is 0 Å². The molecule has 0 radical (unpaired) electrons. The van der Waals surface area contributed by atoms with Crippen LogP contribution in [0.3, 0.4) is 0 Å². The summed E-state index contributed by atoms with van der Waals surface area (Å²) in [6, 6.07) is 13.2. The number of anilines is 1. The number of hydrogen-bond donors (Lipinski definition) is 1. The standard InChI is InChI=1S/C21H21FN4O2S/c1-4-13-26-19(15-5-7-16(22)8-6-15)24-25-21(26)29-14(2)20(27)23-17-9-11-18(28-3)12-10-17/h4-12,14H,1,13H2,2-3H3,(H,23,27)/t14-/m1/s1. The van der Waals surface area contributed by atoms with Crippen LogP contribution >= 0.6 is 11.8 Å². The molecular formula is C21H21FN4O2S. The number of nitrogens with zero attached hydrogens (tertiary/aromatic N) is 3. The molecule has 1 atom stereocenters. The van der Waals surface area contributed by atoms with Gasteiger partial charge < -0.3 is 10.1 Å². The van der Waals surface area contributed by atoms with E-state index < -0.39 is 5.25 Å². The second-order valence-corrected chi connectivity index (χ2v) is 7.50. The summed E-state index contributed by atoms with van der Waals surface area (Å²) in [6.45, 7) is 6.04. The molecule has 1 amide bonds. The molecule has 0 aliphatic carbocycles. The zero-order valence-electron chi connectivity index (χ0n) is 16.1. The van der Waals surface area contributed by atoms with Gasteiger partial charge in [-0.1, -0.05) is 17.8 Å². The van der Waals surface area contributed by atoms with Crippen molar-refractivity contribution in [2.75, 3.05) is 12.4 Å². The predicted molar refractivity (Wildman–Crippen MR) is 113 cm³/mol. The molecule has 3 rings (SSSR count).